The van der Waals surface area contributed by atoms with Crippen molar-refractivity contribution < 1.29 is 19.4 Å². The highest BCUT2D eigenvalue weighted by Gasteiger charge is 2.21. The van der Waals surface area contributed by atoms with Crippen LogP contribution in [0.5, 0.6) is 5.06 Å². The van der Waals surface area contributed by atoms with E-state index >= 15 is 0 Å². The Morgan fingerprint density at radius 1 is 1.39 bits per heavy atom. The molecule has 2 aromatic rings. The highest BCUT2D eigenvalue weighted by molar-refractivity contribution is 7.20. The molecule has 6 nitrogen and oxygen atoms in total. The van der Waals surface area contributed by atoms with Gasteiger partial charge in [-0.25, -0.2) is 0 Å². The fourth-order valence-corrected chi connectivity index (χ4v) is 3.30. The normalized spacial score (nSPS) is 10.6. The van der Waals surface area contributed by atoms with Gasteiger partial charge in [-0.05, 0) is 31.5 Å². The number of aryl methyl sites for hydroxylation is 1. The Kier molecular flexibility index (Phi) is 5.23. The highest BCUT2D eigenvalue weighted by Crippen LogP contribution is 2.31. The highest BCUT2D eigenvalue weighted by atomic mass is 35.5. The van der Waals surface area contributed by atoms with E-state index in [-0.39, 0.29) is 18.5 Å². The number of halogens is 1. The molecule has 1 aromatic carbocycles. The number of carbonyl (C=O) groups excluding carboxylic acids is 2. The number of amides is 1. The number of benzene rings is 1. The first-order chi connectivity index (χ1) is 10.8. The molecule has 0 spiro atoms. The largest absolute Gasteiger partial charge is 0.499 e. The Morgan fingerprint density at radius 2 is 2.09 bits per heavy atom. The number of hydrogen-bond acceptors (Lipinski definition) is 6. The van der Waals surface area contributed by atoms with Crippen LogP contribution < -0.4 is 10.7 Å². The number of aromatic hydroxyl groups is 1. The van der Waals surface area contributed by atoms with Crippen LogP contribution in [0, 0.1) is 6.92 Å². The van der Waals surface area contributed by atoms with E-state index in [9.17, 15) is 19.5 Å². The first-order valence-electron chi connectivity index (χ1n) is 6.74. The second-order valence-corrected chi connectivity index (χ2v) is 6.13. The lowest BCUT2D eigenvalue weighted by Crippen LogP contribution is -2.33. The average molecular weight is 356 g/mol. The molecule has 0 saturated heterocycles. The smallest absolute Gasteiger partial charge is 0.325 e. The van der Waals surface area contributed by atoms with Gasteiger partial charge in [0.2, 0.25) is 5.43 Å². The molecule has 0 aliphatic heterocycles. The molecule has 1 heterocycles. The summed E-state index contributed by atoms with van der Waals surface area (Å²) in [5.41, 5.74) is -0.319. The molecule has 1 amide bonds. The van der Waals surface area contributed by atoms with Gasteiger partial charge >= 0.3 is 5.97 Å². The van der Waals surface area contributed by atoms with Crippen LogP contribution in [-0.2, 0) is 9.53 Å². The molecular weight excluding hydrogens is 342 g/mol. The van der Waals surface area contributed by atoms with Crippen molar-refractivity contribution in [1.29, 1.82) is 0 Å². The summed E-state index contributed by atoms with van der Waals surface area (Å²) in [5.74, 6) is -1.47. The zero-order valence-corrected chi connectivity index (χ0v) is 14.0. The number of hydrogen-bond donors (Lipinski definition) is 2. The molecule has 0 aliphatic rings. The van der Waals surface area contributed by atoms with Gasteiger partial charge < -0.3 is 15.2 Å². The van der Waals surface area contributed by atoms with Crippen molar-refractivity contribution in [3.63, 3.8) is 0 Å². The van der Waals surface area contributed by atoms with Crippen molar-refractivity contribution in [2.45, 2.75) is 13.8 Å². The maximum absolute atomic E-state index is 12.5. The van der Waals surface area contributed by atoms with Gasteiger partial charge in [0.15, 0.2) is 5.06 Å². The molecule has 1 aromatic heterocycles. The van der Waals surface area contributed by atoms with Crippen LogP contribution in [0.2, 0.25) is 5.02 Å². The first-order valence-corrected chi connectivity index (χ1v) is 7.94. The first kappa shape index (κ1) is 17.2. The zero-order chi connectivity index (χ0) is 17.1. The predicted octanol–water partition coefficient (Wildman–Crippen LogP) is 2.22. The number of fused-ring (bicyclic) bond motifs is 1. The lowest BCUT2D eigenvalue weighted by atomic mass is 10.1. The van der Waals surface area contributed by atoms with Crippen molar-refractivity contribution in [3.8, 4) is 5.06 Å². The number of ether oxygens (including phenoxy) is 1. The van der Waals surface area contributed by atoms with E-state index < -0.39 is 27.9 Å². The fraction of sp³-hybridized carbons (Fsp3) is 0.267. The lowest BCUT2D eigenvalue weighted by molar-refractivity contribution is -0.141. The van der Waals surface area contributed by atoms with E-state index in [0.717, 1.165) is 16.9 Å². The van der Waals surface area contributed by atoms with Crippen LogP contribution in [0.1, 0.15) is 22.8 Å². The SMILES string of the molecule is CCOC(=O)CNC(=O)c1c(O)sc2c(C)cc(Cl)cc2c1=O. The van der Waals surface area contributed by atoms with Crippen molar-refractivity contribution >= 4 is 44.9 Å². The quantitative estimate of drug-likeness (QED) is 0.820. The summed E-state index contributed by atoms with van der Waals surface area (Å²) in [5, 5.41) is 12.5. The van der Waals surface area contributed by atoms with Gasteiger partial charge in [-0.3, -0.25) is 14.4 Å². The number of esters is 1. The third kappa shape index (κ3) is 3.62. The van der Waals surface area contributed by atoms with E-state index in [1.54, 1.807) is 19.9 Å². The number of nitrogens with one attached hydrogen (secondary N) is 1. The molecule has 2 rings (SSSR count). The molecule has 0 unspecified atom stereocenters. The van der Waals surface area contributed by atoms with E-state index in [2.05, 4.69) is 10.1 Å². The van der Waals surface area contributed by atoms with Crippen molar-refractivity contribution in [1.82, 2.24) is 5.32 Å². The van der Waals surface area contributed by atoms with Gasteiger partial charge in [-0.15, -0.1) is 0 Å². The standard InChI is InChI=1S/C15H14ClNO5S/c1-3-22-10(18)6-17-14(20)11-12(19)9-5-8(16)4-7(2)13(9)23-15(11)21/h4-5,21H,3,6H2,1-2H3,(H,17,20). The molecule has 0 bridgehead atoms. The molecule has 0 fully saturated rings. The second kappa shape index (κ2) is 6.97. The lowest BCUT2D eigenvalue weighted by Gasteiger charge is -2.08. The second-order valence-electron chi connectivity index (χ2n) is 4.70. The molecular formula is C15H14ClNO5S. The predicted molar refractivity (Wildman–Crippen MR) is 88.5 cm³/mol. The van der Waals surface area contributed by atoms with Gasteiger partial charge in [0, 0.05) is 15.1 Å². The van der Waals surface area contributed by atoms with Crippen LogP contribution in [-0.4, -0.2) is 30.1 Å². The number of rotatable bonds is 4. The third-order valence-corrected chi connectivity index (χ3v) is 4.41. The number of carbonyl (C=O) groups is 2. The average Bonchev–Trinajstić information content (AvgIpc) is 2.47. The summed E-state index contributed by atoms with van der Waals surface area (Å²) in [6, 6.07) is 3.12. The van der Waals surface area contributed by atoms with Gasteiger partial charge in [-0.1, -0.05) is 22.9 Å². The van der Waals surface area contributed by atoms with E-state index in [1.807, 2.05) is 0 Å². The Bertz CT molecular complexity index is 846. The third-order valence-electron chi connectivity index (χ3n) is 3.05. The summed E-state index contributed by atoms with van der Waals surface area (Å²) < 4.78 is 5.24. The van der Waals surface area contributed by atoms with Gasteiger partial charge in [0.05, 0.1) is 6.61 Å². The van der Waals surface area contributed by atoms with Crippen LogP contribution in [0.25, 0.3) is 10.1 Å². The van der Waals surface area contributed by atoms with Crippen LogP contribution in [0.15, 0.2) is 16.9 Å². The Morgan fingerprint density at radius 3 is 2.74 bits per heavy atom. The molecule has 122 valence electrons. The van der Waals surface area contributed by atoms with E-state index in [1.165, 1.54) is 6.07 Å². The Hall–Kier alpha value is -2.12. The minimum atomic E-state index is -0.837. The summed E-state index contributed by atoms with van der Waals surface area (Å²) in [6.07, 6.45) is 0. The maximum atomic E-state index is 12.5. The minimum Gasteiger partial charge on any atom is -0.499 e. The van der Waals surface area contributed by atoms with Crippen LogP contribution >= 0.6 is 22.9 Å². The van der Waals surface area contributed by atoms with Crippen molar-refractivity contribution in [2.75, 3.05) is 13.2 Å². The minimum absolute atomic E-state index is 0.183. The Labute approximate surface area is 140 Å². The summed E-state index contributed by atoms with van der Waals surface area (Å²) in [7, 11) is 0. The molecule has 0 aliphatic carbocycles. The zero-order valence-electron chi connectivity index (χ0n) is 12.4. The summed E-state index contributed by atoms with van der Waals surface area (Å²) in [6.45, 7) is 3.19. The van der Waals surface area contributed by atoms with Gasteiger partial charge in [0.25, 0.3) is 5.91 Å². The topological polar surface area (TPSA) is 92.7 Å². The van der Waals surface area contributed by atoms with Crippen LogP contribution in [0.4, 0.5) is 0 Å². The summed E-state index contributed by atoms with van der Waals surface area (Å²) in [4.78, 5) is 35.8. The monoisotopic (exact) mass is 355 g/mol. The molecule has 0 saturated carbocycles. The van der Waals surface area contributed by atoms with Crippen molar-refractivity contribution in [2.24, 2.45) is 0 Å². The molecule has 2 N–H and O–H groups in total. The fourth-order valence-electron chi connectivity index (χ4n) is 2.07. The van der Waals surface area contributed by atoms with E-state index in [4.69, 9.17) is 11.6 Å². The van der Waals surface area contributed by atoms with Crippen molar-refractivity contribution in [3.05, 3.63) is 38.5 Å². The molecule has 23 heavy (non-hydrogen) atoms. The summed E-state index contributed by atoms with van der Waals surface area (Å²) >= 11 is 6.86. The maximum Gasteiger partial charge on any atom is 0.325 e. The Balaban J connectivity index is 2.43. The molecule has 8 heteroatoms. The van der Waals surface area contributed by atoms with E-state index in [0.29, 0.717) is 9.72 Å². The molecule has 0 atom stereocenters. The van der Waals surface area contributed by atoms with Gasteiger partial charge in [0.1, 0.15) is 12.1 Å². The van der Waals surface area contributed by atoms with Crippen LogP contribution in [0.3, 0.4) is 0 Å². The molecule has 0 radical (unpaired) electrons. The van der Waals surface area contributed by atoms with Gasteiger partial charge in [-0.2, -0.15) is 0 Å².